The molecule has 1 unspecified atom stereocenters. The number of anilines is 3. The normalized spacial score (nSPS) is 19.3. The zero-order chi connectivity index (χ0) is 25.5. The average molecular weight is 509 g/mol. The maximum Gasteiger partial charge on any atom is 0.247 e. The predicted octanol–water partition coefficient (Wildman–Crippen LogP) is 4.38. The van der Waals surface area contributed by atoms with E-state index >= 15 is 0 Å². The Hall–Kier alpha value is -2.82. The number of fused-ring (bicyclic) bond motifs is 2. The van der Waals surface area contributed by atoms with Crippen molar-refractivity contribution in [2.45, 2.75) is 57.8 Å². The third-order valence-corrected chi connectivity index (χ3v) is 8.74. The van der Waals surface area contributed by atoms with E-state index in [-0.39, 0.29) is 12.6 Å². The van der Waals surface area contributed by atoms with Crippen molar-refractivity contribution in [3.05, 3.63) is 41.9 Å². The second-order valence-electron chi connectivity index (χ2n) is 11.6. The van der Waals surface area contributed by atoms with Gasteiger partial charge in [0.15, 0.2) is 5.65 Å². The smallest absolute Gasteiger partial charge is 0.247 e. The summed E-state index contributed by atoms with van der Waals surface area (Å²) in [6.07, 6.45) is 3.63. The number of benzene rings is 1. The molecule has 0 bridgehead atoms. The van der Waals surface area contributed by atoms with Crippen molar-refractivity contribution in [1.29, 1.82) is 0 Å². The number of carbonyl (C=O) groups excluding carboxylic acids is 1. The first-order valence-electron chi connectivity index (χ1n) is 12.7. The van der Waals surface area contributed by atoms with Crippen LogP contribution in [-0.4, -0.2) is 60.1 Å². The van der Waals surface area contributed by atoms with E-state index in [0.29, 0.717) is 18.5 Å². The van der Waals surface area contributed by atoms with E-state index in [2.05, 4.69) is 40.0 Å². The van der Waals surface area contributed by atoms with Gasteiger partial charge >= 0.3 is 0 Å². The fourth-order valence-corrected chi connectivity index (χ4v) is 5.53. The lowest BCUT2D eigenvalue weighted by molar-refractivity contribution is -0.123. The zero-order valence-corrected chi connectivity index (χ0v) is 22.9. The molecule has 1 atom stereocenters. The van der Waals surface area contributed by atoms with Gasteiger partial charge in [-0.25, -0.2) is 4.98 Å². The molecule has 0 saturated carbocycles. The van der Waals surface area contributed by atoms with Crippen LogP contribution < -0.4 is 10.2 Å². The molecule has 1 saturated heterocycles. The van der Waals surface area contributed by atoms with Gasteiger partial charge in [-0.2, -0.15) is 9.50 Å². The first kappa shape index (κ1) is 24.9. The van der Waals surface area contributed by atoms with Gasteiger partial charge in [0.1, 0.15) is 12.6 Å². The molecule has 2 aliphatic rings. The predicted molar refractivity (Wildman–Crippen MR) is 143 cm³/mol. The van der Waals surface area contributed by atoms with Gasteiger partial charge in [0, 0.05) is 52.3 Å². The van der Waals surface area contributed by atoms with E-state index in [1.54, 1.807) is 15.6 Å². The molecule has 0 aliphatic carbocycles. The van der Waals surface area contributed by atoms with Crippen molar-refractivity contribution in [2.24, 2.45) is 5.92 Å². The third kappa shape index (κ3) is 5.02. The molecule has 4 heterocycles. The van der Waals surface area contributed by atoms with Crippen LogP contribution in [0.1, 0.15) is 31.7 Å². The van der Waals surface area contributed by atoms with Crippen molar-refractivity contribution in [3.63, 3.8) is 0 Å². The van der Waals surface area contributed by atoms with Crippen molar-refractivity contribution < 1.29 is 14.3 Å². The maximum absolute atomic E-state index is 13.2. The first-order valence-corrected chi connectivity index (χ1v) is 16.4. The summed E-state index contributed by atoms with van der Waals surface area (Å²) < 4.78 is 13.3. The van der Waals surface area contributed by atoms with Crippen LogP contribution in [-0.2, 0) is 26.1 Å². The largest absolute Gasteiger partial charge is 0.381 e. The van der Waals surface area contributed by atoms with Gasteiger partial charge in [0.05, 0.1) is 11.1 Å². The number of nitrogens with zero attached hydrogens (tertiary/aromatic N) is 5. The Morgan fingerprint density at radius 3 is 2.83 bits per heavy atom. The molecule has 1 fully saturated rings. The summed E-state index contributed by atoms with van der Waals surface area (Å²) in [7, 11) is -1.20. The molecule has 5 rings (SSSR count). The van der Waals surface area contributed by atoms with Crippen LogP contribution >= 0.6 is 0 Å². The summed E-state index contributed by atoms with van der Waals surface area (Å²) in [4.78, 5) is 24.2. The fourth-order valence-electron chi connectivity index (χ4n) is 4.78. The summed E-state index contributed by atoms with van der Waals surface area (Å²) in [6.45, 7) is 13.4. The molecule has 0 spiro atoms. The third-order valence-electron chi connectivity index (χ3n) is 7.03. The highest BCUT2D eigenvalue weighted by Crippen LogP contribution is 2.43. The number of rotatable bonds is 9. The van der Waals surface area contributed by atoms with E-state index in [0.717, 1.165) is 60.5 Å². The lowest BCUT2D eigenvalue weighted by atomic mass is 9.86. The molecular formula is C26H36N6O3Si. The second-order valence-corrected chi connectivity index (χ2v) is 17.2. The highest BCUT2D eigenvalue weighted by molar-refractivity contribution is 6.76. The fraction of sp³-hybridized carbons (Fsp3) is 0.538. The molecule has 1 N–H and O–H groups in total. The van der Waals surface area contributed by atoms with Crippen LogP contribution in [0.2, 0.25) is 25.7 Å². The minimum Gasteiger partial charge on any atom is -0.381 e. The van der Waals surface area contributed by atoms with Gasteiger partial charge < -0.3 is 14.8 Å². The number of ether oxygens (including phenoxy) is 2. The van der Waals surface area contributed by atoms with E-state index in [4.69, 9.17) is 9.47 Å². The highest BCUT2D eigenvalue weighted by Gasteiger charge is 2.44. The minimum absolute atomic E-state index is 0.0557. The molecule has 2 aromatic heterocycles. The van der Waals surface area contributed by atoms with Crippen LogP contribution in [0.3, 0.4) is 0 Å². The highest BCUT2D eigenvalue weighted by atomic mass is 28.3. The molecule has 3 aromatic rings. The van der Waals surface area contributed by atoms with Gasteiger partial charge in [0.2, 0.25) is 11.9 Å². The Balaban J connectivity index is 1.35. The monoisotopic (exact) mass is 508 g/mol. The standard InChI is InChI=1S/C26H36N6O3Si/c1-26(2)20-7-6-19(15-21(20)31(24(26)33)17-35-12-13-36(3,4)5)28-25-29-22-8-10-27-23(32(22)30-25)14-18-9-11-34-16-18/h6-8,10,15,18H,9,11-14,16-17H2,1-5H3,(H,28,30). The van der Waals surface area contributed by atoms with E-state index in [1.165, 1.54) is 0 Å². The quantitative estimate of drug-likeness (QED) is 0.339. The SMILES string of the molecule is CC1(C)C(=O)N(COCC[Si](C)(C)C)c2cc(Nc3nc4ccnc(CC5CCOC5)n4n3)ccc21. The van der Waals surface area contributed by atoms with Crippen molar-refractivity contribution in [1.82, 2.24) is 19.6 Å². The summed E-state index contributed by atoms with van der Waals surface area (Å²) in [5.74, 6) is 1.89. The average Bonchev–Trinajstić information content (AvgIpc) is 3.51. The Morgan fingerprint density at radius 1 is 1.25 bits per heavy atom. The number of carbonyl (C=O) groups is 1. The lowest BCUT2D eigenvalue weighted by Gasteiger charge is -2.22. The number of nitrogens with one attached hydrogen (secondary N) is 1. The van der Waals surface area contributed by atoms with E-state index < -0.39 is 13.5 Å². The first-order chi connectivity index (χ1) is 17.1. The zero-order valence-electron chi connectivity index (χ0n) is 21.9. The molecule has 2 aliphatic heterocycles. The number of hydrogen-bond donors (Lipinski definition) is 1. The Kier molecular flexibility index (Phi) is 6.60. The van der Waals surface area contributed by atoms with Gasteiger partial charge in [0.25, 0.3) is 0 Å². The molecule has 1 aromatic carbocycles. The molecular weight excluding hydrogens is 472 g/mol. The summed E-state index contributed by atoms with van der Waals surface area (Å²) in [6, 6.07) is 8.91. The molecule has 9 nitrogen and oxygen atoms in total. The summed E-state index contributed by atoms with van der Waals surface area (Å²) in [5, 5.41) is 8.00. The number of hydrogen-bond acceptors (Lipinski definition) is 7. The van der Waals surface area contributed by atoms with Gasteiger partial charge in [-0.05, 0) is 49.9 Å². The Labute approximate surface area is 213 Å². The number of amides is 1. The van der Waals surface area contributed by atoms with Crippen LogP contribution in [0.5, 0.6) is 0 Å². The molecule has 192 valence electrons. The van der Waals surface area contributed by atoms with Crippen molar-refractivity contribution in [2.75, 3.05) is 36.8 Å². The summed E-state index contributed by atoms with van der Waals surface area (Å²) in [5.41, 5.74) is 2.84. The van der Waals surface area contributed by atoms with Crippen LogP contribution in [0.15, 0.2) is 30.5 Å². The van der Waals surface area contributed by atoms with Gasteiger partial charge in [-0.15, -0.1) is 5.10 Å². The molecule has 1 amide bonds. The maximum atomic E-state index is 13.2. The van der Waals surface area contributed by atoms with E-state index in [9.17, 15) is 4.79 Å². The molecule has 36 heavy (non-hydrogen) atoms. The lowest BCUT2D eigenvalue weighted by Crippen LogP contribution is -2.38. The van der Waals surface area contributed by atoms with E-state index in [1.807, 2.05) is 38.1 Å². The van der Waals surface area contributed by atoms with Gasteiger partial charge in [-0.1, -0.05) is 25.7 Å². The second kappa shape index (κ2) is 9.57. The topological polar surface area (TPSA) is 93.9 Å². The van der Waals surface area contributed by atoms with Crippen molar-refractivity contribution >= 4 is 37.0 Å². The van der Waals surface area contributed by atoms with Crippen LogP contribution in [0.25, 0.3) is 5.65 Å². The minimum atomic E-state index is -1.20. The number of aromatic nitrogens is 4. The molecule has 0 radical (unpaired) electrons. The van der Waals surface area contributed by atoms with Crippen LogP contribution in [0, 0.1) is 5.92 Å². The van der Waals surface area contributed by atoms with Crippen molar-refractivity contribution in [3.8, 4) is 0 Å². The summed E-state index contributed by atoms with van der Waals surface area (Å²) >= 11 is 0. The Bertz CT molecular complexity index is 1260. The van der Waals surface area contributed by atoms with Gasteiger partial charge in [-0.3, -0.25) is 9.69 Å². The molecule has 10 heteroatoms. The van der Waals surface area contributed by atoms with Crippen LogP contribution in [0.4, 0.5) is 17.3 Å². The Morgan fingerprint density at radius 2 is 2.08 bits per heavy atom.